The summed E-state index contributed by atoms with van der Waals surface area (Å²) in [6.07, 6.45) is 7.25. The average Bonchev–Trinajstić information content (AvgIpc) is 3.13. The Morgan fingerprint density at radius 2 is 1.76 bits per heavy atom. The lowest BCUT2D eigenvalue weighted by Crippen LogP contribution is -2.39. The largest absolute Gasteiger partial charge is 0.342 e. The van der Waals surface area contributed by atoms with Gasteiger partial charge in [-0.3, -0.25) is 4.79 Å². The van der Waals surface area contributed by atoms with Gasteiger partial charge in [-0.05, 0) is 38.1 Å². The zero-order valence-electron chi connectivity index (χ0n) is 11.5. The minimum absolute atomic E-state index is 0.285. The van der Waals surface area contributed by atoms with Crippen molar-refractivity contribution in [3.8, 4) is 0 Å². The summed E-state index contributed by atoms with van der Waals surface area (Å²) in [7, 11) is 0. The van der Waals surface area contributed by atoms with Gasteiger partial charge in [0, 0.05) is 13.1 Å². The average molecular weight is 240 g/mol. The Labute approximate surface area is 106 Å². The van der Waals surface area contributed by atoms with Gasteiger partial charge in [-0.2, -0.15) is 0 Å². The SMILES string of the molecule is CCCCN(CCCC)C(=O)CNCC1CC1. The van der Waals surface area contributed by atoms with E-state index >= 15 is 0 Å². The van der Waals surface area contributed by atoms with Crippen molar-refractivity contribution in [3.05, 3.63) is 0 Å². The molecule has 1 fully saturated rings. The Morgan fingerprint density at radius 3 is 2.24 bits per heavy atom. The van der Waals surface area contributed by atoms with E-state index in [1.165, 1.54) is 12.8 Å². The van der Waals surface area contributed by atoms with Crippen LogP contribution in [0.3, 0.4) is 0 Å². The van der Waals surface area contributed by atoms with E-state index in [0.717, 1.165) is 51.2 Å². The number of hydrogen-bond acceptors (Lipinski definition) is 2. The van der Waals surface area contributed by atoms with Gasteiger partial charge < -0.3 is 10.2 Å². The van der Waals surface area contributed by atoms with E-state index in [-0.39, 0.29) is 5.91 Å². The van der Waals surface area contributed by atoms with Crippen LogP contribution in [-0.4, -0.2) is 37.0 Å². The summed E-state index contributed by atoms with van der Waals surface area (Å²) in [5, 5.41) is 3.29. The summed E-state index contributed by atoms with van der Waals surface area (Å²) in [5.41, 5.74) is 0. The molecule has 0 bridgehead atoms. The number of carbonyl (C=O) groups excluding carboxylic acids is 1. The lowest BCUT2D eigenvalue weighted by Gasteiger charge is -2.22. The minimum atomic E-state index is 0.285. The molecule has 0 aromatic carbocycles. The molecule has 3 heteroatoms. The van der Waals surface area contributed by atoms with Crippen LogP contribution >= 0.6 is 0 Å². The summed E-state index contributed by atoms with van der Waals surface area (Å²) < 4.78 is 0. The molecular weight excluding hydrogens is 212 g/mol. The molecule has 1 aliphatic rings. The molecule has 0 saturated heterocycles. The van der Waals surface area contributed by atoms with Crippen LogP contribution in [-0.2, 0) is 4.79 Å². The summed E-state index contributed by atoms with van der Waals surface area (Å²) in [4.78, 5) is 14.1. The topological polar surface area (TPSA) is 32.3 Å². The highest BCUT2D eigenvalue weighted by Crippen LogP contribution is 2.27. The van der Waals surface area contributed by atoms with Gasteiger partial charge in [-0.15, -0.1) is 0 Å². The maximum Gasteiger partial charge on any atom is 0.236 e. The van der Waals surface area contributed by atoms with Crippen molar-refractivity contribution in [2.24, 2.45) is 5.92 Å². The first-order valence-corrected chi connectivity index (χ1v) is 7.26. The van der Waals surface area contributed by atoms with Crippen molar-refractivity contribution >= 4 is 5.91 Å². The molecule has 0 atom stereocenters. The van der Waals surface area contributed by atoms with Gasteiger partial charge in [0.2, 0.25) is 5.91 Å². The van der Waals surface area contributed by atoms with Crippen LogP contribution in [0.2, 0.25) is 0 Å². The van der Waals surface area contributed by atoms with E-state index in [2.05, 4.69) is 19.2 Å². The highest BCUT2D eigenvalue weighted by Gasteiger charge is 2.21. The first-order valence-electron chi connectivity index (χ1n) is 7.26. The summed E-state index contributed by atoms with van der Waals surface area (Å²) in [6.45, 7) is 7.77. The molecule has 0 aromatic heterocycles. The zero-order chi connectivity index (χ0) is 12.5. The molecule has 3 nitrogen and oxygen atoms in total. The van der Waals surface area contributed by atoms with Gasteiger partial charge >= 0.3 is 0 Å². The lowest BCUT2D eigenvalue weighted by molar-refractivity contribution is -0.130. The molecule has 1 rings (SSSR count). The molecule has 0 aromatic rings. The zero-order valence-corrected chi connectivity index (χ0v) is 11.5. The van der Waals surface area contributed by atoms with Crippen molar-refractivity contribution in [1.82, 2.24) is 10.2 Å². The van der Waals surface area contributed by atoms with Gasteiger partial charge in [0.05, 0.1) is 6.54 Å². The Hall–Kier alpha value is -0.570. The summed E-state index contributed by atoms with van der Waals surface area (Å²) >= 11 is 0. The second kappa shape index (κ2) is 8.51. The van der Waals surface area contributed by atoms with Crippen LogP contribution in [0.1, 0.15) is 52.4 Å². The maximum absolute atomic E-state index is 12.0. The molecule has 0 radical (unpaired) electrons. The summed E-state index contributed by atoms with van der Waals surface area (Å²) in [6, 6.07) is 0. The molecule has 17 heavy (non-hydrogen) atoms. The Bertz CT molecular complexity index is 206. The van der Waals surface area contributed by atoms with Crippen LogP contribution in [0, 0.1) is 5.92 Å². The number of unbranched alkanes of at least 4 members (excludes halogenated alkanes) is 2. The molecule has 100 valence electrons. The third-order valence-electron chi connectivity index (χ3n) is 3.32. The number of carbonyl (C=O) groups is 1. The minimum Gasteiger partial charge on any atom is -0.342 e. The first kappa shape index (κ1) is 14.5. The fourth-order valence-electron chi connectivity index (χ4n) is 1.88. The van der Waals surface area contributed by atoms with E-state index < -0.39 is 0 Å². The Balaban J connectivity index is 2.18. The molecule has 0 heterocycles. The highest BCUT2D eigenvalue weighted by atomic mass is 16.2. The Morgan fingerprint density at radius 1 is 1.18 bits per heavy atom. The molecule has 1 amide bonds. The molecule has 0 spiro atoms. The van der Waals surface area contributed by atoms with Gasteiger partial charge in [-0.1, -0.05) is 26.7 Å². The second-order valence-electron chi connectivity index (χ2n) is 5.16. The fourth-order valence-corrected chi connectivity index (χ4v) is 1.88. The number of rotatable bonds is 10. The molecule has 0 unspecified atom stereocenters. The van der Waals surface area contributed by atoms with Crippen molar-refractivity contribution in [3.63, 3.8) is 0 Å². The van der Waals surface area contributed by atoms with E-state index in [4.69, 9.17) is 0 Å². The van der Waals surface area contributed by atoms with Gasteiger partial charge in [0.25, 0.3) is 0 Å². The van der Waals surface area contributed by atoms with E-state index in [9.17, 15) is 4.79 Å². The molecule has 1 aliphatic carbocycles. The summed E-state index contributed by atoms with van der Waals surface area (Å²) in [5.74, 6) is 1.13. The quantitative estimate of drug-likeness (QED) is 0.636. The van der Waals surface area contributed by atoms with Crippen LogP contribution in [0.15, 0.2) is 0 Å². The number of nitrogens with one attached hydrogen (secondary N) is 1. The first-order chi connectivity index (χ1) is 8.27. The molecular formula is C14H28N2O. The third kappa shape index (κ3) is 6.67. The maximum atomic E-state index is 12.0. The monoisotopic (exact) mass is 240 g/mol. The van der Waals surface area contributed by atoms with Crippen molar-refractivity contribution in [1.29, 1.82) is 0 Å². The lowest BCUT2D eigenvalue weighted by atomic mass is 10.2. The van der Waals surface area contributed by atoms with E-state index in [1.54, 1.807) is 0 Å². The number of amides is 1. The van der Waals surface area contributed by atoms with Crippen molar-refractivity contribution in [2.75, 3.05) is 26.2 Å². The number of nitrogens with zero attached hydrogens (tertiary/aromatic N) is 1. The number of hydrogen-bond donors (Lipinski definition) is 1. The van der Waals surface area contributed by atoms with Crippen LogP contribution < -0.4 is 5.32 Å². The smallest absolute Gasteiger partial charge is 0.236 e. The van der Waals surface area contributed by atoms with Gasteiger partial charge in [0.15, 0.2) is 0 Å². The second-order valence-corrected chi connectivity index (χ2v) is 5.16. The third-order valence-corrected chi connectivity index (χ3v) is 3.32. The van der Waals surface area contributed by atoms with Crippen LogP contribution in [0.4, 0.5) is 0 Å². The van der Waals surface area contributed by atoms with Gasteiger partial charge in [-0.25, -0.2) is 0 Å². The predicted octanol–water partition coefficient (Wildman–Crippen LogP) is 2.41. The van der Waals surface area contributed by atoms with E-state index in [1.807, 2.05) is 4.90 Å². The van der Waals surface area contributed by atoms with Crippen molar-refractivity contribution < 1.29 is 4.79 Å². The van der Waals surface area contributed by atoms with Crippen LogP contribution in [0.5, 0.6) is 0 Å². The Kier molecular flexibility index (Phi) is 7.25. The standard InChI is InChI=1S/C14H28N2O/c1-3-5-9-16(10-6-4-2)14(17)12-15-11-13-7-8-13/h13,15H,3-12H2,1-2H3. The van der Waals surface area contributed by atoms with Crippen LogP contribution in [0.25, 0.3) is 0 Å². The van der Waals surface area contributed by atoms with E-state index in [0.29, 0.717) is 6.54 Å². The fraction of sp³-hybridized carbons (Fsp3) is 0.929. The highest BCUT2D eigenvalue weighted by molar-refractivity contribution is 5.78. The van der Waals surface area contributed by atoms with Crippen molar-refractivity contribution in [2.45, 2.75) is 52.4 Å². The molecule has 1 N–H and O–H groups in total. The predicted molar refractivity (Wildman–Crippen MR) is 72.0 cm³/mol. The van der Waals surface area contributed by atoms with Gasteiger partial charge in [0.1, 0.15) is 0 Å². The molecule has 1 saturated carbocycles. The normalized spacial score (nSPS) is 14.9. The molecule has 0 aliphatic heterocycles.